The molecule has 14 heavy (non-hydrogen) atoms. The molecule has 0 amide bonds. The molecular weight excluding hydrogens is 210 g/mol. The molecule has 0 spiro atoms. The minimum absolute atomic E-state index is 0.581. The molecular formula is C7H13NO5S. The van der Waals surface area contributed by atoms with E-state index in [4.69, 9.17) is 4.74 Å². The first kappa shape index (κ1) is 10.3. The topological polar surface area (TPSA) is 65.1 Å². The van der Waals surface area contributed by atoms with Crippen molar-refractivity contribution in [2.45, 2.75) is 12.7 Å². The molecule has 0 aromatic rings. The summed E-state index contributed by atoms with van der Waals surface area (Å²) in [6, 6.07) is 0. The van der Waals surface area contributed by atoms with Gasteiger partial charge in [0, 0.05) is 26.1 Å². The van der Waals surface area contributed by atoms with Crippen LogP contribution >= 0.6 is 0 Å². The summed E-state index contributed by atoms with van der Waals surface area (Å²) in [5, 5.41) is 0. The molecule has 2 aliphatic heterocycles. The molecule has 6 nitrogen and oxygen atoms in total. The third-order valence-corrected chi connectivity index (χ3v) is 3.14. The van der Waals surface area contributed by atoms with Crippen LogP contribution in [0.15, 0.2) is 0 Å². The van der Waals surface area contributed by atoms with E-state index in [0.717, 1.165) is 32.8 Å². The molecule has 0 unspecified atom stereocenters. The molecule has 0 atom stereocenters. The van der Waals surface area contributed by atoms with Crippen LogP contribution in [0.4, 0.5) is 0 Å². The molecule has 0 aliphatic carbocycles. The molecule has 2 aliphatic rings. The van der Waals surface area contributed by atoms with E-state index in [1.807, 2.05) is 0 Å². The average Bonchev–Trinajstić information content (AvgIpc) is 2.13. The SMILES string of the molecule is O=S1(=O)OC(CCN2CCOCC2)O1. The molecule has 0 aromatic carbocycles. The fraction of sp³-hybridized carbons (Fsp3) is 1.00. The molecule has 7 heteroatoms. The van der Waals surface area contributed by atoms with Gasteiger partial charge in [0.1, 0.15) is 0 Å². The summed E-state index contributed by atoms with van der Waals surface area (Å²) in [5.41, 5.74) is 0. The fourth-order valence-electron chi connectivity index (χ4n) is 1.48. The Bertz CT molecular complexity index is 272. The smallest absolute Gasteiger partial charge is 0.379 e. The number of nitrogens with zero attached hydrogens (tertiary/aromatic N) is 1. The minimum Gasteiger partial charge on any atom is -0.379 e. The Morgan fingerprint density at radius 2 is 1.86 bits per heavy atom. The maximum absolute atomic E-state index is 10.5. The largest absolute Gasteiger partial charge is 0.404 e. The van der Waals surface area contributed by atoms with E-state index >= 15 is 0 Å². The first-order valence-electron chi connectivity index (χ1n) is 4.57. The van der Waals surface area contributed by atoms with Gasteiger partial charge in [0.05, 0.1) is 13.2 Å². The van der Waals surface area contributed by atoms with E-state index in [1.165, 1.54) is 0 Å². The molecule has 0 aromatic heterocycles. The van der Waals surface area contributed by atoms with Crippen LogP contribution in [0.5, 0.6) is 0 Å². The normalized spacial score (nSPS) is 28.6. The molecule has 0 radical (unpaired) electrons. The second-order valence-corrected chi connectivity index (χ2v) is 4.47. The molecule has 2 fully saturated rings. The first-order valence-corrected chi connectivity index (χ1v) is 5.91. The Labute approximate surface area is 83.1 Å². The lowest BCUT2D eigenvalue weighted by Crippen LogP contribution is -2.42. The molecule has 0 bridgehead atoms. The van der Waals surface area contributed by atoms with E-state index in [2.05, 4.69) is 13.3 Å². The van der Waals surface area contributed by atoms with Gasteiger partial charge in [-0.15, -0.1) is 0 Å². The van der Waals surface area contributed by atoms with Gasteiger partial charge in [-0.05, 0) is 0 Å². The van der Waals surface area contributed by atoms with Crippen LogP contribution in [0, 0.1) is 0 Å². The number of rotatable bonds is 3. The zero-order chi connectivity index (χ0) is 10.0. The van der Waals surface area contributed by atoms with Gasteiger partial charge < -0.3 is 4.74 Å². The number of hydrogen-bond donors (Lipinski definition) is 0. The second kappa shape index (κ2) is 4.11. The van der Waals surface area contributed by atoms with E-state index in [-0.39, 0.29) is 0 Å². The van der Waals surface area contributed by atoms with Crippen molar-refractivity contribution in [3.8, 4) is 0 Å². The maximum atomic E-state index is 10.5. The highest BCUT2D eigenvalue weighted by atomic mass is 32.3. The van der Waals surface area contributed by atoms with Crippen LogP contribution in [0.2, 0.25) is 0 Å². The van der Waals surface area contributed by atoms with Crippen molar-refractivity contribution in [2.75, 3.05) is 32.8 Å². The third kappa shape index (κ3) is 2.64. The van der Waals surface area contributed by atoms with Gasteiger partial charge in [-0.2, -0.15) is 8.42 Å². The van der Waals surface area contributed by atoms with Crippen LogP contribution in [-0.4, -0.2) is 52.5 Å². The Kier molecular flexibility index (Phi) is 3.03. The van der Waals surface area contributed by atoms with Crippen molar-refractivity contribution >= 4 is 10.4 Å². The van der Waals surface area contributed by atoms with Crippen molar-refractivity contribution < 1.29 is 21.5 Å². The lowest BCUT2D eigenvalue weighted by Gasteiger charge is -2.30. The van der Waals surface area contributed by atoms with Gasteiger partial charge in [0.2, 0.25) is 0 Å². The standard InChI is InChI=1S/C7H13NO5S/c9-14(10)12-7(13-14)1-2-8-3-5-11-6-4-8/h7H,1-6H2. The van der Waals surface area contributed by atoms with E-state index in [1.54, 1.807) is 0 Å². The lowest BCUT2D eigenvalue weighted by atomic mass is 10.3. The zero-order valence-electron chi connectivity index (χ0n) is 7.72. The van der Waals surface area contributed by atoms with Gasteiger partial charge in [-0.25, -0.2) is 8.37 Å². The number of hydrogen-bond acceptors (Lipinski definition) is 6. The van der Waals surface area contributed by atoms with Crippen molar-refractivity contribution in [1.29, 1.82) is 0 Å². The predicted molar refractivity (Wildman–Crippen MR) is 46.8 cm³/mol. The van der Waals surface area contributed by atoms with E-state index in [0.29, 0.717) is 6.42 Å². The number of ether oxygens (including phenoxy) is 1. The van der Waals surface area contributed by atoms with Crippen molar-refractivity contribution in [3.63, 3.8) is 0 Å². The molecule has 2 saturated heterocycles. The van der Waals surface area contributed by atoms with Gasteiger partial charge in [0.25, 0.3) is 0 Å². The highest BCUT2D eigenvalue weighted by Crippen LogP contribution is 2.21. The third-order valence-electron chi connectivity index (χ3n) is 2.24. The van der Waals surface area contributed by atoms with E-state index < -0.39 is 16.7 Å². The average molecular weight is 223 g/mol. The van der Waals surface area contributed by atoms with Crippen LogP contribution in [0.25, 0.3) is 0 Å². The highest BCUT2D eigenvalue weighted by molar-refractivity contribution is 7.82. The van der Waals surface area contributed by atoms with Crippen molar-refractivity contribution in [3.05, 3.63) is 0 Å². The molecule has 0 N–H and O–H groups in total. The summed E-state index contributed by atoms with van der Waals surface area (Å²) in [7, 11) is -3.63. The van der Waals surface area contributed by atoms with Gasteiger partial charge in [-0.1, -0.05) is 0 Å². The van der Waals surface area contributed by atoms with Gasteiger partial charge in [-0.3, -0.25) is 4.90 Å². The summed E-state index contributed by atoms with van der Waals surface area (Å²) in [4.78, 5) is 2.20. The Hall–Kier alpha value is -0.210. The zero-order valence-corrected chi connectivity index (χ0v) is 8.53. The summed E-state index contributed by atoms with van der Waals surface area (Å²) in [6.45, 7) is 4.04. The molecule has 2 rings (SSSR count). The maximum Gasteiger partial charge on any atom is 0.404 e. The van der Waals surface area contributed by atoms with Crippen LogP contribution in [0.1, 0.15) is 6.42 Å². The molecule has 82 valence electrons. The monoisotopic (exact) mass is 223 g/mol. The van der Waals surface area contributed by atoms with Gasteiger partial charge in [0.15, 0.2) is 6.29 Å². The quantitative estimate of drug-likeness (QED) is 0.632. The van der Waals surface area contributed by atoms with Crippen LogP contribution in [0.3, 0.4) is 0 Å². The Balaban J connectivity index is 1.63. The predicted octanol–water partition coefficient (Wildman–Crippen LogP) is -0.674. The summed E-state index contributed by atoms with van der Waals surface area (Å²) in [5.74, 6) is 0. The molecule has 2 heterocycles. The van der Waals surface area contributed by atoms with Crippen LogP contribution < -0.4 is 0 Å². The fourth-order valence-corrected chi connectivity index (χ4v) is 2.21. The highest BCUT2D eigenvalue weighted by Gasteiger charge is 2.35. The van der Waals surface area contributed by atoms with Gasteiger partial charge >= 0.3 is 10.4 Å². The lowest BCUT2D eigenvalue weighted by molar-refractivity contribution is -0.0897. The summed E-state index contributed by atoms with van der Waals surface area (Å²) >= 11 is 0. The minimum atomic E-state index is -3.63. The Morgan fingerprint density at radius 3 is 2.43 bits per heavy atom. The van der Waals surface area contributed by atoms with Crippen molar-refractivity contribution in [1.82, 2.24) is 4.90 Å². The summed E-state index contributed by atoms with van der Waals surface area (Å²) < 4.78 is 35.1. The summed E-state index contributed by atoms with van der Waals surface area (Å²) in [6.07, 6.45) is 0.00187. The first-order chi connectivity index (χ1) is 6.66. The second-order valence-electron chi connectivity index (χ2n) is 3.27. The number of morpholine rings is 1. The van der Waals surface area contributed by atoms with Crippen LogP contribution in [-0.2, 0) is 23.5 Å². The van der Waals surface area contributed by atoms with Crippen molar-refractivity contribution in [2.24, 2.45) is 0 Å². The molecule has 0 saturated carbocycles. The van der Waals surface area contributed by atoms with E-state index in [9.17, 15) is 8.42 Å². The Morgan fingerprint density at radius 1 is 1.21 bits per heavy atom.